The molecular weight excluding hydrogens is 60.9 g/mol. The summed E-state index contributed by atoms with van der Waals surface area (Å²) >= 11 is 0. The van der Waals surface area contributed by atoms with Crippen LogP contribution in [0.1, 0.15) is 6.92 Å². The lowest BCUT2D eigenvalue weighted by Gasteiger charge is -1.74. The Kier molecular flexibility index (Phi) is 1.67. The van der Waals surface area contributed by atoms with Gasteiger partial charge in [0.1, 0.15) is 7.85 Å². The molecule has 0 fully saturated rings. The summed E-state index contributed by atoms with van der Waals surface area (Å²) in [5, 5.41) is 7.89. The second-order valence-electron chi connectivity index (χ2n) is 1.28. The van der Waals surface area contributed by atoms with Crippen molar-refractivity contribution in [1.29, 1.82) is 5.26 Å². The van der Waals surface area contributed by atoms with E-state index < -0.39 is 0 Å². The Hall–Kier alpha value is -0.445. The maximum atomic E-state index is 7.89. The van der Waals surface area contributed by atoms with Crippen LogP contribution in [-0.2, 0) is 0 Å². The van der Waals surface area contributed by atoms with Crippen molar-refractivity contribution in [2.75, 3.05) is 0 Å². The summed E-state index contributed by atoms with van der Waals surface area (Å²) in [6, 6.07) is 2.03. The van der Waals surface area contributed by atoms with Gasteiger partial charge in [-0.15, -0.1) is 0 Å². The summed E-state index contributed by atoms with van der Waals surface area (Å²) in [7, 11) is 1.86. The van der Waals surface area contributed by atoms with E-state index in [9.17, 15) is 0 Å². The Morgan fingerprint density at radius 2 is 2.20 bits per heavy atom. The molecule has 0 aliphatic rings. The molecule has 26 valence electrons. The first-order chi connectivity index (χ1) is 2.27. The molecule has 0 aromatic rings. The quantitative estimate of drug-likeness (QED) is 0.364. The fourth-order valence-corrected chi connectivity index (χ4v) is 0. The Balaban J connectivity index is 2.94. The first kappa shape index (κ1) is 4.55. The molecule has 0 aromatic heterocycles. The van der Waals surface area contributed by atoms with Crippen LogP contribution in [0, 0.1) is 11.3 Å². The van der Waals surface area contributed by atoms with Crippen LogP contribution < -0.4 is 0 Å². The topological polar surface area (TPSA) is 23.8 Å². The van der Waals surface area contributed by atoms with Gasteiger partial charge in [0.2, 0.25) is 0 Å². The van der Waals surface area contributed by atoms with E-state index in [4.69, 9.17) is 5.26 Å². The summed E-state index contributed by atoms with van der Waals surface area (Å²) in [6.07, 6.45) is 0. The van der Waals surface area contributed by atoms with Crippen molar-refractivity contribution >= 4 is 7.85 Å². The van der Waals surface area contributed by atoms with Crippen molar-refractivity contribution in [2.24, 2.45) is 0 Å². The summed E-state index contributed by atoms with van der Waals surface area (Å²) in [5.74, 6) is 0.190. The lowest BCUT2D eigenvalue weighted by atomic mass is 9.92. The minimum atomic E-state index is 0.190. The van der Waals surface area contributed by atoms with E-state index in [-0.39, 0.29) is 5.82 Å². The first-order valence-electron chi connectivity index (χ1n) is 1.67. The SMILES string of the molecule is BC(C)C#N. The molecule has 0 saturated heterocycles. The van der Waals surface area contributed by atoms with Crippen molar-refractivity contribution in [1.82, 2.24) is 0 Å². The minimum Gasteiger partial charge on any atom is -0.199 e. The molecule has 2 heteroatoms. The molecule has 1 unspecified atom stereocenters. The highest BCUT2D eigenvalue weighted by Crippen LogP contribution is 1.85. The number of hydrogen-bond acceptors (Lipinski definition) is 1. The Bertz CT molecular complexity index is 52.4. The Labute approximate surface area is 33.0 Å². The van der Waals surface area contributed by atoms with E-state index in [1.165, 1.54) is 0 Å². The van der Waals surface area contributed by atoms with Gasteiger partial charge in [-0.1, -0.05) is 6.92 Å². The van der Waals surface area contributed by atoms with Crippen molar-refractivity contribution in [2.45, 2.75) is 12.7 Å². The highest BCUT2D eigenvalue weighted by molar-refractivity contribution is 6.13. The van der Waals surface area contributed by atoms with Crippen LogP contribution in [0.15, 0.2) is 0 Å². The molecule has 0 saturated carbocycles. The first-order valence-corrected chi connectivity index (χ1v) is 1.67. The van der Waals surface area contributed by atoms with Gasteiger partial charge in [0.25, 0.3) is 0 Å². The molecule has 1 nitrogen and oxygen atoms in total. The van der Waals surface area contributed by atoms with Crippen molar-refractivity contribution in [3.05, 3.63) is 0 Å². The van der Waals surface area contributed by atoms with E-state index in [1.807, 2.05) is 20.8 Å². The molecule has 5 heavy (non-hydrogen) atoms. The smallest absolute Gasteiger partial charge is 0.123 e. The minimum absolute atomic E-state index is 0.190. The summed E-state index contributed by atoms with van der Waals surface area (Å²) in [5.41, 5.74) is 0. The second kappa shape index (κ2) is 1.84. The molecule has 1 atom stereocenters. The average Bonchev–Trinajstić information content (AvgIpc) is 1.38. The Morgan fingerprint density at radius 3 is 2.20 bits per heavy atom. The van der Waals surface area contributed by atoms with Gasteiger partial charge in [-0.3, -0.25) is 0 Å². The third-order valence-electron chi connectivity index (χ3n) is 0.258. The molecule has 0 aliphatic carbocycles. The summed E-state index contributed by atoms with van der Waals surface area (Å²) < 4.78 is 0. The largest absolute Gasteiger partial charge is 0.199 e. The van der Waals surface area contributed by atoms with Gasteiger partial charge in [0, 0.05) is 5.82 Å². The fraction of sp³-hybridized carbons (Fsp3) is 0.667. The van der Waals surface area contributed by atoms with Gasteiger partial charge < -0.3 is 0 Å². The van der Waals surface area contributed by atoms with E-state index >= 15 is 0 Å². The molecular formula is C3H6BN. The average molecular weight is 66.9 g/mol. The van der Waals surface area contributed by atoms with Gasteiger partial charge in [-0.05, 0) is 0 Å². The van der Waals surface area contributed by atoms with E-state index in [0.29, 0.717) is 0 Å². The van der Waals surface area contributed by atoms with E-state index in [2.05, 4.69) is 0 Å². The standard InChI is InChI=1S/C3H6BN/c1-3(4)2-5/h3H,4H2,1H3. The highest BCUT2D eigenvalue weighted by atomic mass is 14.2. The van der Waals surface area contributed by atoms with Crippen LogP contribution in [-0.4, -0.2) is 7.85 Å². The number of nitrogens with zero attached hydrogens (tertiary/aromatic N) is 1. The van der Waals surface area contributed by atoms with Crippen molar-refractivity contribution in [3.8, 4) is 6.07 Å². The monoisotopic (exact) mass is 67.1 g/mol. The summed E-state index contributed by atoms with van der Waals surface area (Å²) in [4.78, 5) is 0. The van der Waals surface area contributed by atoms with Crippen LogP contribution >= 0.6 is 0 Å². The zero-order valence-corrected chi connectivity index (χ0v) is 3.52. The number of rotatable bonds is 0. The van der Waals surface area contributed by atoms with Crippen LogP contribution in [0.25, 0.3) is 0 Å². The predicted molar refractivity (Wildman–Crippen MR) is 23.6 cm³/mol. The van der Waals surface area contributed by atoms with Gasteiger partial charge >= 0.3 is 0 Å². The fourth-order valence-electron chi connectivity index (χ4n) is 0. The van der Waals surface area contributed by atoms with Gasteiger partial charge in [-0.25, -0.2) is 0 Å². The van der Waals surface area contributed by atoms with Crippen LogP contribution in [0.5, 0.6) is 0 Å². The second-order valence-corrected chi connectivity index (χ2v) is 1.28. The summed E-state index contributed by atoms with van der Waals surface area (Å²) in [6.45, 7) is 1.86. The molecule has 0 N–H and O–H groups in total. The highest BCUT2D eigenvalue weighted by Gasteiger charge is 1.79. The predicted octanol–water partition coefficient (Wildman–Crippen LogP) is -0.0485. The molecule has 0 radical (unpaired) electrons. The Morgan fingerprint density at radius 1 is 2.00 bits per heavy atom. The molecule has 0 rings (SSSR count). The molecule has 0 amide bonds. The number of hydrogen-bond donors (Lipinski definition) is 0. The number of nitriles is 1. The van der Waals surface area contributed by atoms with Crippen LogP contribution in [0.4, 0.5) is 0 Å². The van der Waals surface area contributed by atoms with Crippen LogP contribution in [0.2, 0.25) is 5.82 Å². The lowest BCUT2D eigenvalue weighted by Crippen LogP contribution is -1.72. The van der Waals surface area contributed by atoms with Crippen molar-refractivity contribution in [3.63, 3.8) is 0 Å². The molecule has 0 spiro atoms. The molecule has 0 bridgehead atoms. The zero-order chi connectivity index (χ0) is 4.28. The van der Waals surface area contributed by atoms with Crippen LogP contribution in [0.3, 0.4) is 0 Å². The van der Waals surface area contributed by atoms with Gasteiger partial charge in [0.05, 0.1) is 6.07 Å². The molecule has 0 heterocycles. The third kappa shape index (κ3) is 3.55. The molecule has 0 aromatic carbocycles. The molecule has 0 aliphatic heterocycles. The van der Waals surface area contributed by atoms with E-state index in [1.54, 1.807) is 0 Å². The van der Waals surface area contributed by atoms with Gasteiger partial charge in [-0.2, -0.15) is 5.26 Å². The third-order valence-corrected chi connectivity index (χ3v) is 0.258. The van der Waals surface area contributed by atoms with Crippen molar-refractivity contribution < 1.29 is 0 Å². The normalized spacial score (nSPS) is 12.8. The van der Waals surface area contributed by atoms with E-state index in [0.717, 1.165) is 0 Å². The zero-order valence-electron chi connectivity index (χ0n) is 3.52. The van der Waals surface area contributed by atoms with Gasteiger partial charge in [0.15, 0.2) is 0 Å². The maximum Gasteiger partial charge on any atom is 0.123 e. The maximum absolute atomic E-state index is 7.89. The lowest BCUT2D eigenvalue weighted by molar-refractivity contribution is 1.21.